The SMILES string of the molecule is CCOC(=O)[C@H](Cc1ccccc1)NP(=O)(CCN(CCO)CCn1cc(-c2ccc(OC)cc2)c2c(N)ncnc21)N[C@@H](Cc1ccccc1)C(=O)OCC. The summed E-state index contributed by atoms with van der Waals surface area (Å²) in [6.07, 6.45) is 3.81. The summed E-state index contributed by atoms with van der Waals surface area (Å²) in [7, 11) is -2.19. The van der Waals surface area contributed by atoms with Crippen LogP contribution in [-0.4, -0.2) is 101 Å². The molecule has 5 aromatic rings. The maximum atomic E-state index is 15.3. The summed E-state index contributed by atoms with van der Waals surface area (Å²) in [4.78, 5) is 37.6. The molecular formula is C41H52N7O7P. The van der Waals surface area contributed by atoms with Crippen LogP contribution in [0.15, 0.2) is 97.5 Å². The number of esters is 2. The molecule has 0 saturated carbocycles. The molecule has 0 bridgehead atoms. The molecule has 0 amide bonds. The third-order valence-electron chi connectivity index (χ3n) is 9.32. The van der Waals surface area contributed by atoms with E-state index in [9.17, 15) is 14.7 Å². The van der Waals surface area contributed by atoms with Gasteiger partial charge in [-0.3, -0.25) is 19.1 Å². The number of nitrogens with one attached hydrogen (secondary N) is 2. The number of methoxy groups -OCH3 is 1. The first-order valence-corrected chi connectivity index (χ1v) is 20.7. The molecular weight excluding hydrogens is 733 g/mol. The van der Waals surface area contributed by atoms with Crippen LogP contribution in [0.2, 0.25) is 0 Å². The quantitative estimate of drug-likeness (QED) is 0.0560. The number of carbonyl (C=O) groups excluding carboxylic acids is 2. The fourth-order valence-electron chi connectivity index (χ4n) is 6.53. The van der Waals surface area contributed by atoms with Crippen molar-refractivity contribution in [3.63, 3.8) is 0 Å². The van der Waals surface area contributed by atoms with E-state index in [4.69, 9.17) is 19.9 Å². The van der Waals surface area contributed by atoms with Crippen molar-refractivity contribution in [1.29, 1.82) is 0 Å². The van der Waals surface area contributed by atoms with Crippen LogP contribution in [-0.2, 0) is 43.0 Å². The van der Waals surface area contributed by atoms with E-state index in [2.05, 4.69) is 20.1 Å². The first-order valence-electron chi connectivity index (χ1n) is 18.8. The molecule has 0 aliphatic carbocycles. The normalized spacial score (nSPS) is 12.7. The summed E-state index contributed by atoms with van der Waals surface area (Å²) in [5.41, 5.74) is 10.5. The third-order valence-corrected chi connectivity index (χ3v) is 11.6. The number of nitrogens with two attached hydrogens (primary N) is 1. The summed E-state index contributed by atoms with van der Waals surface area (Å²) in [6.45, 7) is 4.96. The lowest BCUT2D eigenvalue weighted by molar-refractivity contribution is -0.145. The number of rotatable bonds is 22. The molecule has 0 unspecified atom stereocenters. The average Bonchev–Trinajstić information content (AvgIpc) is 3.59. The number of benzene rings is 3. The second-order valence-electron chi connectivity index (χ2n) is 13.2. The number of hydrogen-bond acceptors (Lipinski definition) is 11. The van der Waals surface area contributed by atoms with Crippen LogP contribution in [0.1, 0.15) is 25.0 Å². The minimum absolute atomic E-state index is 0.00102. The van der Waals surface area contributed by atoms with Crippen LogP contribution in [0.4, 0.5) is 5.82 Å². The Morgan fingerprint density at radius 3 is 1.93 bits per heavy atom. The van der Waals surface area contributed by atoms with Gasteiger partial charge in [0.2, 0.25) is 7.44 Å². The van der Waals surface area contributed by atoms with Gasteiger partial charge >= 0.3 is 11.9 Å². The molecule has 0 spiro atoms. The van der Waals surface area contributed by atoms with Crippen molar-refractivity contribution in [2.24, 2.45) is 0 Å². The maximum absolute atomic E-state index is 15.3. The second-order valence-corrected chi connectivity index (χ2v) is 15.6. The van der Waals surface area contributed by atoms with Crippen molar-refractivity contribution < 1.29 is 33.5 Å². The largest absolute Gasteiger partial charge is 0.497 e. The zero-order valence-corrected chi connectivity index (χ0v) is 33.1. The predicted octanol–water partition coefficient (Wildman–Crippen LogP) is 4.70. The fourth-order valence-corrected chi connectivity index (χ4v) is 8.83. The van der Waals surface area contributed by atoms with Gasteiger partial charge in [0.1, 0.15) is 35.6 Å². The molecule has 2 aromatic heterocycles. The van der Waals surface area contributed by atoms with Gasteiger partial charge in [0.25, 0.3) is 0 Å². The molecule has 5 N–H and O–H groups in total. The lowest BCUT2D eigenvalue weighted by atomic mass is 10.1. The minimum Gasteiger partial charge on any atom is -0.497 e. The summed E-state index contributed by atoms with van der Waals surface area (Å²) < 4.78 is 33.5. The zero-order valence-electron chi connectivity index (χ0n) is 32.2. The highest BCUT2D eigenvalue weighted by atomic mass is 31.2. The second kappa shape index (κ2) is 20.7. The van der Waals surface area contributed by atoms with Gasteiger partial charge in [0.05, 0.1) is 32.3 Å². The number of hydrogen-bond donors (Lipinski definition) is 4. The van der Waals surface area contributed by atoms with Gasteiger partial charge in [-0.05, 0) is 55.5 Å². The van der Waals surface area contributed by atoms with E-state index in [1.54, 1.807) is 21.0 Å². The van der Waals surface area contributed by atoms with Crippen LogP contribution in [0.5, 0.6) is 5.75 Å². The van der Waals surface area contributed by atoms with Crippen LogP contribution >= 0.6 is 7.44 Å². The van der Waals surface area contributed by atoms with E-state index >= 15 is 4.57 Å². The molecule has 298 valence electrons. The Hall–Kier alpha value is -5.11. The van der Waals surface area contributed by atoms with Crippen molar-refractivity contribution in [3.05, 3.63) is 109 Å². The number of ether oxygens (including phenoxy) is 3. The molecule has 0 fully saturated rings. The molecule has 3 aromatic carbocycles. The van der Waals surface area contributed by atoms with E-state index in [0.717, 1.165) is 33.4 Å². The summed E-state index contributed by atoms with van der Waals surface area (Å²) in [6, 6.07) is 24.4. The first kappa shape index (κ1) is 42.0. The van der Waals surface area contributed by atoms with Gasteiger partial charge in [-0.2, -0.15) is 0 Å². The predicted molar refractivity (Wildman–Crippen MR) is 217 cm³/mol. The summed E-state index contributed by atoms with van der Waals surface area (Å²) >= 11 is 0. The lowest BCUT2D eigenvalue weighted by Gasteiger charge is -2.31. The average molecular weight is 786 g/mol. The molecule has 14 nitrogen and oxygen atoms in total. The number of anilines is 1. The van der Waals surface area contributed by atoms with Gasteiger partial charge in [0, 0.05) is 44.1 Å². The lowest BCUT2D eigenvalue weighted by Crippen LogP contribution is -2.47. The van der Waals surface area contributed by atoms with Crippen molar-refractivity contribution in [1.82, 2.24) is 29.6 Å². The monoisotopic (exact) mass is 785 g/mol. The minimum atomic E-state index is -3.80. The number of nitrogens with zero attached hydrogens (tertiary/aromatic N) is 4. The molecule has 0 aliphatic rings. The molecule has 0 radical (unpaired) electrons. The van der Waals surface area contributed by atoms with E-state index in [1.807, 2.05) is 101 Å². The Bertz CT molecular complexity index is 1980. The number of aliphatic hydroxyl groups excluding tert-OH is 1. The van der Waals surface area contributed by atoms with Crippen molar-refractivity contribution in [2.45, 2.75) is 45.3 Å². The topological polar surface area (TPSA) is 183 Å². The number of aliphatic hydroxyl groups is 1. The summed E-state index contributed by atoms with van der Waals surface area (Å²) in [5, 5.41) is 17.1. The van der Waals surface area contributed by atoms with E-state index in [-0.39, 0.29) is 51.9 Å². The highest BCUT2D eigenvalue weighted by Crippen LogP contribution is 2.39. The Morgan fingerprint density at radius 2 is 1.41 bits per heavy atom. The third kappa shape index (κ3) is 11.5. The van der Waals surface area contributed by atoms with Crippen molar-refractivity contribution in [3.8, 4) is 16.9 Å². The van der Waals surface area contributed by atoms with Gasteiger partial charge < -0.3 is 29.6 Å². The Morgan fingerprint density at radius 1 is 0.839 bits per heavy atom. The van der Waals surface area contributed by atoms with Gasteiger partial charge in [-0.15, -0.1) is 0 Å². The molecule has 15 heteroatoms. The van der Waals surface area contributed by atoms with Crippen LogP contribution in [0.25, 0.3) is 22.2 Å². The number of carbonyl (C=O) groups is 2. The molecule has 2 atom stereocenters. The Balaban J connectivity index is 1.42. The molecule has 2 heterocycles. The smallest absolute Gasteiger partial charge is 0.323 e. The van der Waals surface area contributed by atoms with Crippen LogP contribution in [0, 0.1) is 0 Å². The van der Waals surface area contributed by atoms with Gasteiger partial charge in [-0.25, -0.2) is 20.1 Å². The Kier molecular flexibility index (Phi) is 15.5. The fraction of sp³-hybridized carbons (Fsp3) is 0.366. The standard InChI is InChI=1S/C41H52N7O7P/c1-4-54-40(50)35(26-30-12-8-6-9-13-30)45-56(52,46-36(41(51)55-5-2)27-31-14-10-7-11-15-31)25-23-47(22-24-49)20-21-48-28-34(32-16-18-33(53-3)19-17-32)37-38(42)43-29-44-39(37)48/h6-19,28-29,35-36,49H,4-5,20-27H2,1-3H3,(H2,42,43,44)(H2,45,46,52)/t35-,36-/m0/s1. The van der Waals surface area contributed by atoms with Crippen LogP contribution < -0.4 is 20.6 Å². The number of aromatic nitrogens is 3. The maximum Gasteiger partial charge on any atom is 0.323 e. The highest BCUT2D eigenvalue weighted by molar-refractivity contribution is 7.60. The van der Waals surface area contributed by atoms with E-state index < -0.39 is 31.5 Å². The van der Waals surface area contributed by atoms with Crippen molar-refractivity contribution >= 4 is 36.2 Å². The highest BCUT2D eigenvalue weighted by Gasteiger charge is 2.35. The molecule has 0 saturated heterocycles. The van der Waals surface area contributed by atoms with E-state index in [1.165, 1.54) is 6.33 Å². The van der Waals surface area contributed by atoms with Crippen LogP contribution in [0.3, 0.4) is 0 Å². The van der Waals surface area contributed by atoms with Gasteiger partial charge in [0.15, 0.2) is 0 Å². The van der Waals surface area contributed by atoms with Crippen molar-refractivity contribution in [2.75, 3.05) is 58.5 Å². The summed E-state index contributed by atoms with van der Waals surface area (Å²) in [5.74, 6) is -0.0439. The van der Waals surface area contributed by atoms with Gasteiger partial charge in [-0.1, -0.05) is 72.8 Å². The molecule has 56 heavy (non-hydrogen) atoms. The Labute approximate surface area is 327 Å². The van der Waals surface area contributed by atoms with E-state index in [0.29, 0.717) is 24.6 Å². The molecule has 0 aliphatic heterocycles. The number of fused-ring (bicyclic) bond motifs is 1. The first-order chi connectivity index (χ1) is 27.2. The zero-order chi connectivity index (χ0) is 39.9. The molecule has 5 rings (SSSR count). The number of nitrogen functional groups attached to an aromatic ring is 1.